The van der Waals surface area contributed by atoms with Crippen LogP contribution in [0, 0.1) is 0 Å². The second kappa shape index (κ2) is 2.69. The molecule has 1 rings (SSSR count). The molecule has 0 aromatic rings. The fourth-order valence-electron chi connectivity index (χ4n) is 0.377. The summed E-state index contributed by atoms with van der Waals surface area (Å²) in [5.41, 5.74) is 0. The maximum absolute atomic E-state index is 10.6. The summed E-state index contributed by atoms with van der Waals surface area (Å²) in [6.45, 7) is 0. The van der Waals surface area contributed by atoms with E-state index < -0.39 is 0 Å². The SMILES string of the molecule is O=C1C=S=CC(Cl)=C1Cl. The Morgan fingerprint density at radius 3 is 2.44 bits per heavy atom. The fourth-order valence-corrected chi connectivity index (χ4v) is 1.41. The van der Waals surface area contributed by atoms with E-state index in [1.807, 2.05) is 0 Å². The van der Waals surface area contributed by atoms with Crippen molar-refractivity contribution in [1.82, 2.24) is 0 Å². The zero-order chi connectivity index (χ0) is 6.85. The van der Waals surface area contributed by atoms with E-state index in [9.17, 15) is 4.79 Å². The van der Waals surface area contributed by atoms with E-state index in [1.165, 1.54) is 16.3 Å². The van der Waals surface area contributed by atoms with Gasteiger partial charge in [-0.3, -0.25) is 4.79 Å². The molecule has 1 heterocycles. The monoisotopic (exact) mass is 180 g/mol. The first kappa shape index (κ1) is 7.06. The van der Waals surface area contributed by atoms with E-state index in [1.54, 1.807) is 5.37 Å². The van der Waals surface area contributed by atoms with Crippen molar-refractivity contribution in [2.75, 3.05) is 0 Å². The van der Waals surface area contributed by atoms with Crippen LogP contribution in [0.15, 0.2) is 10.1 Å². The van der Waals surface area contributed by atoms with Crippen LogP contribution in [0.1, 0.15) is 0 Å². The first-order valence-electron chi connectivity index (χ1n) is 2.13. The molecule has 0 aliphatic carbocycles. The third kappa shape index (κ3) is 1.45. The molecular formula is C5H2Cl2OS. The van der Waals surface area contributed by atoms with Crippen molar-refractivity contribution >= 4 is 50.7 Å². The Bertz CT molecular complexity index is 244. The van der Waals surface area contributed by atoms with Gasteiger partial charge in [0.2, 0.25) is 5.78 Å². The van der Waals surface area contributed by atoms with Crippen molar-refractivity contribution in [3.05, 3.63) is 10.1 Å². The Morgan fingerprint density at radius 1 is 1.33 bits per heavy atom. The summed E-state index contributed by atoms with van der Waals surface area (Å²) in [5, 5.41) is 3.46. The smallest absolute Gasteiger partial charge is 0.208 e. The summed E-state index contributed by atoms with van der Waals surface area (Å²) >= 11 is 10.9. The third-order valence-electron chi connectivity index (χ3n) is 0.773. The molecule has 0 amide bonds. The minimum atomic E-state index is -0.214. The highest BCUT2D eigenvalue weighted by molar-refractivity contribution is 7.97. The largest absolute Gasteiger partial charge is 0.287 e. The van der Waals surface area contributed by atoms with E-state index in [0.717, 1.165) is 0 Å². The van der Waals surface area contributed by atoms with Gasteiger partial charge in [0.25, 0.3) is 0 Å². The lowest BCUT2D eigenvalue weighted by Gasteiger charge is -1.94. The Morgan fingerprint density at radius 2 is 2.00 bits per heavy atom. The molecule has 48 valence electrons. The second-order valence-corrected chi connectivity index (χ2v) is 2.93. The van der Waals surface area contributed by atoms with Gasteiger partial charge in [-0.15, -0.1) is 10.9 Å². The summed E-state index contributed by atoms with van der Waals surface area (Å²) < 4.78 is 0. The predicted molar refractivity (Wildman–Crippen MR) is 43.5 cm³/mol. The minimum absolute atomic E-state index is 0.107. The highest BCUT2D eigenvalue weighted by Crippen LogP contribution is 2.14. The highest BCUT2D eigenvalue weighted by atomic mass is 35.5. The van der Waals surface area contributed by atoms with Gasteiger partial charge in [0.15, 0.2) is 0 Å². The molecule has 0 aromatic carbocycles. The number of allylic oxidation sites excluding steroid dienone is 2. The van der Waals surface area contributed by atoms with E-state index in [-0.39, 0.29) is 10.8 Å². The summed E-state index contributed by atoms with van der Waals surface area (Å²) in [7, 11) is 1.24. The van der Waals surface area contributed by atoms with E-state index in [0.29, 0.717) is 5.03 Å². The molecule has 0 atom stereocenters. The molecule has 0 N–H and O–H groups in total. The predicted octanol–water partition coefficient (Wildman–Crippen LogP) is 1.60. The molecule has 4 heteroatoms. The van der Waals surface area contributed by atoms with Gasteiger partial charge in [0, 0.05) is 10.7 Å². The lowest BCUT2D eigenvalue weighted by Crippen LogP contribution is -2.01. The quantitative estimate of drug-likeness (QED) is 0.518. The normalized spacial score (nSPS) is 18.2. The van der Waals surface area contributed by atoms with Gasteiger partial charge in [-0.1, -0.05) is 23.2 Å². The van der Waals surface area contributed by atoms with Gasteiger partial charge in [0.05, 0.1) is 5.03 Å². The molecule has 1 aliphatic heterocycles. The zero-order valence-corrected chi connectivity index (χ0v) is 6.56. The summed E-state index contributed by atoms with van der Waals surface area (Å²) in [5.74, 6) is -0.214. The number of hydrogen-bond donors (Lipinski definition) is 0. The van der Waals surface area contributed by atoms with Crippen LogP contribution in [0.4, 0.5) is 0 Å². The topological polar surface area (TPSA) is 17.1 Å². The molecule has 1 nitrogen and oxygen atoms in total. The molecule has 0 radical (unpaired) electrons. The number of hydrogen-bond acceptors (Lipinski definition) is 1. The standard InChI is InChI=1S/C5H2Cl2OS/c6-3-1-9-2-4(8)5(3)7/h1-2H. The van der Waals surface area contributed by atoms with Crippen LogP contribution in [-0.4, -0.2) is 16.5 Å². The van der Waals surface area contributed by atoms with Gasteiger partial charge in [-0.05, 0) is 0 Å². The molecule has 0 aromatic heterocycles. The maximum atomic E-state index is 10.6. The summed E-state index contributed by atoms with van der Waals surface area (Å²) in [6.07, 6.45) is 0. The van der Waals surface area contributed by atoms with Crippen LogP contribution in [0.2, 0.25) is 0 Å². The van der Waals surface area contributed by atoms with Crippen LogP contribution < -0.4 is 0 Å². The minimum Gasteiger partial charge on any atom is -0.287 e. The number of ketones is 1. The van der Waals surface area contributed by atoms with Crippen molar-refractivity contribution in [2.24, 2.45) is 0 Å². The van der Waals surface area contributed by atoms with Crippen LogP contribution >= 0.6 is 34.1 Å². The number of carbonyl (C=O) groups excluding carboxylic acids is 1. The molecule has 1 aliphatic rings. The van der Waals surface area contributed by atoms with Crippen LogP contribution in [-0.2, 0) is 4.79 Å². The van der Waals surface area contributed by atoms with Crippen molar-refractivity contribution in [3.8, 4) is 0 Å². The average molecular weight is 181 g/mol. The third-order valence-corrected chi connectivity index (χ3v) is 2.41. The highest BCUT2D eigenvalue weighted by Gasteiger charge is 2.08. The van der Waals surface area contributed by atoms with Gasteiger partial charge < -0.3 is 0 Å². The molecule has 0 bridgehead atoms. The van der Waals surface area contributed by atoms with Crippen molar-refractivity contribution in [1.29, 1.82) is 0 Å². The van der Waals surface area contributed by atoms with E-state index in [2.05, 4.69) is 0 Å². The van der Waals surface area contributed by atoms with Crippen LogP contribution in [0.3, 0.4) is 0 Å². The van der Waals surface area contributed by atoms with Gasteiger partial charge in [-0.25, -0.2) is 0 Å². The molecule has 0 saturated carbocycles. The van der Waals surface area contributed by atoms with Gasteiger partial charge >= 0.3 is 0 Å². The first-order valence-corrected chi connectivity index (χ1v) is 3.83. The molecule has 0 saturated heterocycles. The molecular weight excluding hydrogens is 179 g/mol. The Balaban J connectivity index is 3.16. The number of halogens is 2. The Kier molecular flexibility index (Phi) is 2.11. The molecule has 9 heavy (non-hydrogen) atoms. The van der Waals surface area contributed by atoms with Crippen molar-refractivity contribution < 1.29 is 4.79 Å². The Hall–Kier alpha value is -0.0500. The number of Topliss-reactive ketones (excluding diaryl/α,β-unsaturated/α-hetero) is 1. The number of rotatable bonds is 0. The summed E-state index contributed by atoms with van der Waals surface area (Å²) in [4.78, 5) is 10.6. The fraction of sp³-hybridized carbons (Fsp3) is 0. The first-order chi connectivity index (χ1) is 4.22. The molecule has 0 spiro atoms. The van der Waals surface area contributed by atoms with E-state index >= 15 is 0 Å². The van der Waals surface area contributed by atoms with Crippen molar-refractivity contribution in [2.45, 2.75) is 0 Å². The van der Waals surface area contributed by atoms with Gasteiger partial charge in [0.1, 0.15) is 5.03 Å². The molecule has 0 fully saturated rings. The van der Waals surface area contributed by atoms with Crippen LogP contribution in [0.25, 0.3) is 0 Å². The van der Waals surface area contributed by atoms with Crippen molar-refractivity contribution in [3.63, 3.8) is 0 Å². The second-order valence-electron chi connectivity index (χ2n) is 1.40. The summed E-state index contributed by atoms with van der Waals surface area (Å²) in [6, 6.07) is 0. The van der Waals surface area contributed by atoms with E-state index in [4.69, 9.17) is 23.2 Å². The van der Waals surface area contributed by atoms with Gasteiger partial charge in [-0.2, -0.15) is 0 Å². The average Bonchev–Trinajstić information content (AvgIpc) is 1.83. The maximum Gasteiger partial charge on any atom is 0.208 e. The zero-order valence-electron chi connectivity index (χ0n) is 4.23. The lowest BCUT2D eigenvalue weighted by atomic mass is 10.4. The lowest BCUT2D eigenvalue weighted by molar-refractivity contribution is -0.108. The molecule has 0 unspecified atom stereocenters. The Labute approximate surface area is 65.8 Å². The van der Waals surface area contributed by atoms with Crippen LogP contribution in [0.5, 0.6) is 0 Å². The number of carbonyl (C=O) groups is 1.